The minimum Gasteiger partial charge on any atom is -0.508 e. The van der Waals surface area contributed by atoms with Gasteiger partial charge in [-0.3, -0.25) is 0 Å². The first kappa shape index (κ1) is 9.55. The van der Waals surface area contributed by atoms with Gasteiger partial charge in [0.1, 0.15) is 5.75 Å². The monoisotopic (exact) mass is 149 g/mol. The van der Waals surface area contributed by atoms with Crippen molar-refractivity contribution in [3.05, 3.63) is 29.3 Å². The predicted molar refractivity (Wildman–Crippen MR) is 43.3 cm³/mol. The van der Waals surface area contributed by atoms with Crippen LogP contribution in [0.3, 0.4) is 0 Å². The molecule has 0 saturated heterocycles. The molecule has 0 bridgehead atoms. The van der Waals surface area contributed by atoms with Crippen molar-refractivity contribution < 1.29 is 5.11 Å². The fraction of sp³-hybridized carbons (Fsp3) is 0.250. The van der Waals surface area contributed by atoms with Crippen molar-refractivity contribution in [1.29, 1.82) is 0 Å². The first-order valence-electron chi connectivity index (χ1n) is 2.96. The number of hydrogen-bond donors (Lipinski definition) is 1. The Morgan fingerprint density at radius 1 is 1.20 bits per heavy atom. The van der Waals surface area contributed by atoms with Gasteiger partial charge in [0, 0.05) is 17.4 Å². The lowest BCUT2D eigenvalue weighted by atomic mass is 10.1. The summed E-state index contributed by atoms with van der Waals surface area (Å²) in [6, 6.07) is 5.56. The number of aryl methyl sites for hydroxylation is 2. The zero-order chi connectivity index (χ0) is 6.85. The van der Waals surface area contributed by atoms with E-state index in [-0.39, 0.29) is 17.4 Å². The molecule has 0 amide bonds. The Bertz CT molecular complexity index is 220. The summed E-state index contributed by atoms with van der Waals surface area (Å²) >= 11 is 0. The lowest BCUT2D eigenvalue weighted by Gasteiger charge is -1.97. The van der Waals surface area contributed by atoms with E-state index in [0.717, 1.165) is 5.56 Å². The Morgan fingerprint density at radius 3 is 2.20 bits per heavy atom. The van der Waals surface area contributed by atoms with Gasteiger partial charge in [-0.25, -0.2) is 0 Å². The normalized spacial score (nSPS) is 8.60. The number of phenols is 1. The highest BCUT2D eigenvalue weighted by atomic mass is 27.0. The van der Waals surface area contributed by atoms with Crippen LogP contribution in [0.4, 0.5) is 0 Å². The van der Waals surface area contributed by atoms with Crippen molar-refractivity contribution in [2.45, 2.75) is 13.8 Å². The van der Waals surface area contributed by atoms with E-state index in [1.165, 1.54) is 5.56 Å². The van der Waals surface area contributed by atoms with Crippen molar-refractivity contribution in [2.75, 3.05) is 0 Å². The summed E-state index contributed by atoms with van der Waals surface area (Å²) < 4.78 is 0. The molecule has 0 aliphatic carbocycles. The Hall–Kier alpha value is -0.448. The molecule has 0 atom stereocenters. The van der Waals surface area contributed by atoms with E-state index in [9.17, 15) is 0 Å². The molecule has 0 fully saturated rings. The van der Waals surface area contributed by atoms with Crippen molar-refractivity contribution >= 4 is 17.4 Å². The Kier molecular flexibility index (Phi) is 3.49. The molecule has 1 aromatic carbocycles. The molecular weight excluding hydrogens is 139 g/mol. The van der Waals surface area contributed by atoms with Crippen molar-refractivity contribution in [1.82, 2.24) is 0 Å². The summed E-state index contributed by atoms with van der Waals surface area (Å²) in [5.41, 5.74) is 2.13. The van der Waals surface area contributed by atoms with Gasteiger partial charge in [-0.15, -0.1) is 0 Å². The summed E-state index contributed by atoms with van der Waals surface area (Å²) in [6.07, 6.45) is 0. The van der Waals surface area contributed by atoms with Gasteiger partial charge in [-0.2, -0.15) is 0 Å². The number of phenolic OH excluding ortho intramolecular Hbond substituents is 1. The second-order valence-electron chi connectivity index (χ2n) is 2.29. The maximum atomic E-state index is 9.04. The Morgan fingerprint density at radius 2 is 1.80 bits per heavy atom. The van der Waals surface area contributed by atoms with Crippen LogP contribution in [0.1, 0.15) is 11.1 Å². The highest BCUT2D eigenvalue weighted by Gasteiger charge is 1.91. The topological polar surface area (TPSA) is 20.2 Å². The lowest BCUT2D eigenvalue weighted by Crippen LogP contribution is -1.75. The van der Waals surface area contributed by atoms with Crippen LogP contribution in [0.5, 0.6) is 5.75 Å². The van der Waals surface area contributed by atoms with Gasteiger partial charge in [-0.05, 0) is 25.5 Å². The summed E-state index contributed by atoms with van der Waals surface area (Å²) in [5, 5.41) is 9.04. The third-order valence-electron chi connectivity index (χ3n) is 1.35. The molecule has 0 heterocycles. The van der Waals surface area contributed by atoms with Gasteiger partial charge in [0.2, 0.25) is 0 Å². The first-order chi connectivity index (χ1) is 4.20. The molecule has 51 valence electrons. The highest BCUT2D eigenvalue weighted by Crippen LogP contribution is 2.15. The van der Waals surface area contributed by atoms with Crippen LogP contribution in [-0.2, 0) is 0 Å². The van der Waals surface area contributed by atoms with E-state index in [2.05, 4.69) is 0 Å². The average Bonchev–Trinajstić information content (AvgIpc) is 1.80. The second kappa shape index (κ2) is 3.66. The van der Waals surface area contributed by atoms with Crippen LogP contribution in [0.15, 0.2) is 18.2 Å². The molecule has 0 saturated carbocycles. The smallest absolute Gasteiger partial charge is 0.118 e. The molecule has 0 spiro atoms. The largest absolute Gasteiger partial charge is 0.508 e. The van der Waals surface area contributed by atoms with E-state index in [4.69, 9.17) is 5.11 Å². The SMILES string of the molecule is Cc1ccc(O)c(C)c1.[Al]. The zero-order valence-corrected chi connectivity index (χ0v) is 7.41. The fourth-order valence-corrected chi connectivity index (χ4v) is 0.805. The van der Waals surface area contributed by atoms with Gasteiger partial charge in [0.05, 0.1) is 0 Å². The molecular formula is C8H10AlO. The number of hydrogen-bond acceptors (Lipinski definition) is 1. The van der Waals surface area contributed by atoms with Gasteiger partial charge >= 0.3 is 0 Å². The van der Waals surface area contributed by atoms with Gasteiger partial charge in [0.15, 0.2) is 0 Å². The molecule has 1 aromatic rings. The molecule has 1 rings (SSSR count). The van der Waals surface area contributed by atoms with Crippen LogP contribution in [0.25, 0.3) is 0 Å². The molecule has 1 nitrogen and oxygen atoms in total. The molecule has 0 unspecified atom stereocenters. The summed E-state index contributed by atoms with van der Waals surface area (Å²) in [4.78, 5) is 0. The molecule has 2 heteroatoms. The van der Waals surface area contributed by atoms with Crippen molar-refractivity contribution in [3.63, 3.8) is 0 Å². The van der Waals surface area contributed by atoms with Crippen molar-refractivity contribution in [2.24, 2.45) is 0 Å². The maximum Gasteiger partial charge on any atom is 0.118 e. The van der Waals surface area contributed by atoms with Crippen LogP contribution in [-0.4, -0.2) is 22.5 Å². The minimum absolute atomic E-state index is 0. The van der Waals surface area contributed by atoms with E-state index >= 15 is 0 Å². The summed E-state index contributed by atoms with van der Waals surface area (Å²) in [5.74, 6) is 0.376. The van der Waals surface area contributed by atoms with E-state index in [0.29, 0.717) is 5.75 Å². The molecule has 0 aliphatic heterocycles. The fourth-order valence-electron chi connectivity index (χ4n) is 0.805. The van der Waals surface area contributed by atoms with Gasteiger partial charge in [-0.1, -0.05) is 17.7 Å². The third kappa shape index (κ3) is 2.06. The highest BCUT2D eigenvalue weighted by molar-refractivity contribution is 5.75. The number of aromatic hydroxyl groups is 1. The number of rotatable bonds is 0. The molecule has 3 radical (unpaired) electrons. The van der Waals surface area contributed by atoms with Crippen LogP contribution < -0.4 is 0 Å². The van der Waals surface area contributed by atoms with Gasteiger partial charge < -0.3 is 5.11 Å². The van der Waals surface area contributed by atoms with E-state index in [1.54, 1.807) is 6.07 Å². The maximum absolute atomic E-state index is 9.04. The summed E-state index contributed by atoms with van der Waals surface area (Å²) in [6.45, 7) is 3.90. The van der Waals surface area contributed by atoms with Crippen LogP contribution >= 0.6 is 0 Å². The standard InChI is InChI=1S/C8H10O.Al/c1-6-3-4-8(9)7(2)5-6;/h3-5,9H,1-2H3;. The average molecular weight is 149 g/mol. The predicted octanol–water partition coefficient (Wildman–Crippen LogP) is 1.63. The zero-order valence-electron chi connectivity index (χ0n) is 6.26. The lowest BCUT2D eigenvalue weighted by molar-refractivity contribution is 0.471. The Labute approximate surface area is 71.8 Å². The van der Waals surface area contributed by atoms with E-state index in [1.807, 2.05) is 26.0 Å². The second-order valence-corrected chi connectivity index (χ2v) is 2.29. The van der Waals surface area contributed by atoms with Crippen LogP contribution in [0.2, 0.25) is 0 Å². The molecule has 1 N–H and O–H groups in total. The molecule has 0 aromatic heterocycles. The Balaban J connectivity index is 0.000000810. The third-order valence-corrected chi connectivity index (χ3v) is 1.35. The van der Waals surface area contributed by atoms with Gasteiger partial charge in [0.25, 0.3) is 0 Å². The van der Waals surface area contributed by atoms with Crippen LogP contribution in [0, 0.1) is 13.8 Å². The molecule has 0 aliphatic rings. The number of benzene rings is 1. The van der Waals surface area contributed by atoms with E-state index < -0.39 is 0 Å². The molecule has 10 heavy (non-hydrogen) atoms. The summed E-state index contributed by atoms with van der Waals surface area (Å²) in [7, 11) is 0. The van der Waals surface area contributed by atoms with Crippen molar-refractivity contribution in [3.8, 4) is 5.75 Å². The first-order valence-corrected chi connectivity index (χ1v) is 2.96. The minimum atomic E-state index is 0. The quantitative estimate of drug-likeness (QED) is 0.556.